The lowest BCUT2D eigenvalue weighted by Crippen LogP contribution is -2.53. The van der Waals surface area contributed by atoms with E-state index >= 15 is 0 Å². The molecule has 1 aromatic carbocycles. The fourth-order valence-corrected chi connectivity index (χ4v) is 5.35. The molecule has 8 nitrogen and oxygen atoms in total. The Morgan fingerprint density at radius 1 is 1.06 bits per heavy atom. The Balaban J connectivity index is 1.27. The minimum Gasteiger partial charge on any atom is -0.353 e. The molecule has 2 aliphatic heterocycles. The van der Waals surface area contributed by atoms with E-state index in [2.05, 4.69) is 28.5 Å². The summed E-state index contributed by atoms with van der Waals surface area (Å²) in [4.78, 5) is 46.8. The molecule has 2 aromatic rings. The van der Waals surface area contributed by atoms with Crippen LogP contribution in [0.25, 0.3) is 0 Å². The van der Waals surface area contributed by atoms with Crippen LogP contribution in [0.15, 0.2) is 36.5 Å². The second-order valence-electron chi connectivity index (χ2n) is 10.9. The standard InChI is InChI=1S/C27H33N5O3/c1-17-15-20(18-5-6-18)16-28-22(17)31-11-13-32(14-12-31)23(33)19-7-9-21(10-8-19)27(26(2,3)4)24(34)29-25(35)30-27/h7-10,15-16,18H,5-6,11-14H2,1-4H3,(H2,29,30,34,35). The van der Waals surface area contributed by atoms with E-state index in [1.165, 1.54) is 24.0 Å². The molecule has 0 spiro atoms. The lowest BCUT2D eigenvalue weighted by Gasteiger charge is -2.39. The van der Waals surface area contributed by atoms with Crippen molar-refractivity contribution in [2.75, 3.05) is 31.1 Å². The van der Waals surface area contributed by atoms with Gasteiger partial charge in [0.05, 0.1) is 0 Å². The first kappa shape index (κ1) is 23.3. The van der Waals surface area contributed by atoms with Gasteiger partial charge in [0.25, 0.3) is 11.8 Å². The molecule has 8 heteroatoms. The van der Waals surface area contributed by atoms with Gasteiger partial charge in [-0.05, 0) is 59.9 Å². The zero-order valence-electron chi connectivity index (χ0n) is 20.9. The fraction of sp³-hybridized carbons (Fsp3) is 0.481. The predicted molar refractivity (Wildman–Crippen MR) is 133 cm³/mol. The van der Waals surface area contributed by atoms with E-state index in [4.69, 9.17) is 4.98 Å². The number of aryl methyl sites for hydroxylation is 1. The highest BCUT2D eigenvalue weighted by Gasteiger charge is 2.55. The second-order valence-corrected chi connectivity index (χ2v) is 10.9. The largest absolute Gasteiger partial charge is 0.353 e. The molecular weight excluding hydrogens is 442 g/mol. The zero-order valence-corrected chi connectivity index (χ0v) is 20.9. The van der Waals surface area contributed by atoms with Gasteiger partial charge in [-0.1, -0.05) is 39.0 Å². The molecule has 1 aliphatic carbocycles. The zero-order chi connectivity index (χ0) is 25.0. The minimum absolute atomic E-state index is 0.0327. The first-order valence-electron chi connectivity index (χ1n) is 12.3. The van der Waals surface area contributed by atoms with Crippen molar-refractivity contribution in [1.29, 1.82) is 0 Å². The van der Waals surface area contributed by atoms with Crippen LogP contribution in [0.4, 0.5) is 10.6 Å². The summed E-state index contributed by atoms with van der Waals surface area (Å²) in [6.07, 6.45) is 4.54. The predicted octanol–water partition coefficient (Wildman–Crippen LogP) is 3.31. The third-order valence-electron chi connectivity index (χ3n) is 7.55. The van der Waals surface area contributed by atoms with Crippen molar-refractivity contribution in [2.45, 2.75) is 52.0 Å². The van der Waals surface area contributed by atoms with Crippen LogP contribution < -0.4 is 15.5 Å². The van der Waals surface area contributed by atoms with Crippen LogP contribution in [-0.4, -0.2) is 53.9 Å². The Labute approximate surface area is 206 Å². The summed E-state index contributed by atoms with van der Waals surface area (Å²) in [7, 11) is 0. The first-order valence-corrected chi connectivity index (χ1v) is 12.3. The Kier molecular flexibility index (Phi) is 5.57. The normalized spacial score (nSPS) is 22.7. The van der Waals surface area contributed by atoms with Gasteiger partial charge in [0.2, 0.25) is 0 Å². The number of anilines is 1. The highest BCUT2D eigenvalue weighted by atomic mass is 16.2. The van der Waals surface area contributed by atoms with E-state index in [1.54, 1.807) is 24.3 Å². The van der Waals surface area contributed by atoms with E-state index in [-0.39, 0.29) is 11.8 Å². The number of imide groups is 1. The van der Waals surface area contributed by atoms with Crippen molar-refractivity contribution in [3.8, 4) is 0 Å². The SMILES string of the molecule is Cc1cc(C2CC2)cnc1N1CCN(C(=O)c2ccc(C3(C(C)(C)C)NC(=O)NC3=O)cc2)CC1. The Morgan fingerprint density at radius 3 is 2.23 bits per heavy atom. The number of piperazine rings is 1. The van der Waals surface area contributed by atoms with Crippen LogP contribution in [0.5, 0.6) is 0 Å². The molecule has 2 saturated heterocycles. The van der Waals surface area contributed by atoms with Gasteiger partial charge >= 0.3 is 6.03 Å². The van der Waals surface area contributed by atoms with Gasteiger partial charge in [-0.3, -0.25) is 14.9 Å². The number of carbonyl (C=O) groups excluding carboxylic acids is 3. The molecule has 1 aromatic heterocycles. The number of amides is 4. The molecule has 2 N–H and O–H groups in total. The molecule has 3 heterocycles. The average molecular weight is 476 g/mol. The van der Waals surface area contributed by atoms with Gasteiger partial charge in [0.1, 0.15) is 5.82 Å². The number of hydrogen-bond donors (Lipinski definition) is 2. The van der Waals surface area contributed by atoms with Crippen molar-refractivity contribution in [3.05, 3.63) is 58.8 Å². The molecule has 184 valence electrons. The van der Waals surface area contributed by atoms with Crippen LogP contribution in [0.1, 0.15) is 66.6 Å². The average Bonchev–Trinajstić information content (AvgIpc) is 3.62. The van der Waals surface area contributed by atoms with Crippen molar-refractivity contribution in [3.63, 3.8) is 0 Å². The molecular formula is C27H33N5O3. The lowest BCUT2D eigenvalue weighted by molar-refractivity contribution is -0.128. The van der Waals surface area contributed by atoms with Crippen LogP contribution in [0.2, 0.25) is 0 Å². The number of aromatic nitrogens is 1. The minimum atomic E-state index is -1.18. The Morgan fingerprint density at radius 2 is 1.71 bits per heavy atom. The molecule has 1 saturated carbocycles. The van der Waals surface area contributed by atoms with E-state index < -0.39 is 17.0 Å². The summed E-state index contributed by atoms with van der Waals surface area (Å²) in [5.41, 5.74) is 2.02. The maximum atomic E-state index is 13.2. The summed E-state index contributed by atoms with van der Waals surface area (Å²) in [5, 5.41) is 5.18. The quantitative estimate of drug-likeness (QED) is 0.662. The monoisotopic (exact) mass is 475 g/mol. The fourth-order valence-electron chi connectivity index (χ4n) is 5.35. The van der Waals surface area contributed by atoms with Gasteiger partial charge in [-0.15, -0.1) is 0 Å². The summed E-state index contributed by atoms with van der Waals surface area (Å²) in [5.74, 6) is 1.29. The molecule has 3 fully saturated rings. The summed E-state index contributed by atoms with van der Waals surface area (Å²) < 4.78 is 0. The molecule has 1 unspecified atom stereocenters. The number of carbonyl (C=O) groups is 3. The molecule has 35 heavy (non-hydrogen) atoms. The smallest absolute Gasteiger partial charge is 0.322 e. The highest BCUT2D eigenvalue weighted by molar-refractivity contribution is 6.08. The number of nitrogens with one attached hydrogen (secondary N) is 2. The lowest BCUT2D eigenvalue weighted by atomic mass is 9.69. The van der Waals surface area contributed by atoms with Crippen LogP contribution >= 0.6 is 0 Å². The van der Waals surface area contributed by atoms with Gasteiger partial charge in [0.15, 0.2) is 5.54 Å². The number of urea groups is 1. The summed E-state index contributed by atoms with van der Waals surface area (Å²) in [6, 6.07) is 8.80. The molecule has 1 atom stereocenters. The van der Waals surface area contributed by atoms with Gasteiger partial charge in [-0.25, -0.2) is 9.78 Å². The number of benzene rings is 1. The van der Waals surface area contributed by atoms with Crippen molar-refractivity contribution < 1.29 is 14.4 Å². The molecule has 5 rings (SSSR count). The van der Waals surface area contributed by atoms with E-state index in [1.807, 2.05) is 31.9 Å². The van der Waals surface area contributed by atoms with E-state index in [0.717, 1.165) is 18.9 Å². The molecule has 0 bridgehead atoms. The second kappa shape index (κ2) is 8.36. The number of nitrogens with zero attached hydrogens (tertiary/aromatic N) is 3. The van der Waals surface area contributed by atoms with Gasteiger partial charge in [0, 0.05) is 37.9 Å². The third kappa shape index (κ3) is 4.05. The van der Waals surface area contributed by atoms with Crippen molar-refractivity contribution in [1.82, 2.24) is 20.5 Å². The first-order chi connectivity index (χ1) is 16.6. The molecule has 0 radical (unpaired) electrons. The van der Waals surface area contributed by atoms with E-state index in [0.29, 0.717) is 30.1 Å². The molecule has 4 amide bonds. The number of pyridine rings is 1. The van der Waals surface area contributed by atoms with Gasteiger partial charge < -0.3 is 15.1 Å². The van der Waals surface area contributed by atoms with Crippen LogP contribution in [-0.2, 0) is 10.3 Å². The van der Waals surface area contributed by atoms with Crippen molar-refractivity contribution >= 4 is 23.7 Å². The molecule has 3 aliphatic rings. The Bertz CT molecular complexity index is 1170. The topological polar surface area (TPSA) is 94.6 Å². The van der Waals surface area contributed by atoms with Gasteiger partial charge in [-0.2, -0.15) is 0 Å². The van der Waals surface area contributed by atoms with Crippen molar-refractivity contribution in [2.24, 2.45) is 5.41 Å². The third-order valence-corrected chi connectivity index (χ3v) is 7.55. The maximum Gasteiger partial charge on any atom is 0.322 e. The Hall–Kier alpha value is -3.42. The summed E-state index contributed by atoms with van der Waals surface area (Å²) in [6.45, 7) is 10.6. The number of rotatable bonds is 4. The van der Waals surface area contributed by atoms with E-state index in [9.17, 15) is 14.4 Å². The number of hydrogen-bond acceptors (Lipinski definition) is 5. The summed E-state index contributed by atoms with van der Waals surface area (Å²) >= 11 is 0. The maximum absolute atomic E-state index is 13.2. The van der Waals surface area contributed by atoms with Crippen LogP contribution in [0.3, 0.4) is 0 Å². The van der Waals surface area contributed by atoms with Crippen LogP contribution in [0, 0.1) is 12.3 Å². The highest BCUT2D eigenvalue weighted by Crippen LogP contribution is 2.42.